The summed E-state index contributed by atoms with van der Waals surface area (Å²) in [6.07, 6.45) is 0. The predicted octanol–water partition coefficient (Wildman–Crippen LogP) is 4.56. The second-order valence-electron chi connectivity index (χ2n) is 3.57. The van der Waals surface area contributed by atoms with Crippen molar-refractivity contribution in [3.05, 3.63) is 48.0 Å². The van der Waals surface area contributed by atoms with Crippen LogP contribution in [0.2, 0.25) is 0 Å². The molecule has 2 heteroatoms. The van der Waals surface area contributed by atoms with Gasteiger partial charge in [-0.05, 0) is 22.8 Å². The minimum Gasteiger partial charge on any atom is -0.122 e. The van der Waals surface area contributed by atoms with Gasteiger partial charge in [0.2, 0.25) is 0 Å². The van der Waals surface area contributed by atoms with Crippen molar-refractivity contribution in [3.8, 4) is 11.1 Å². The molecule has 3 rings (SSSR count). The van der Waals surface area contributed by atoms with Crippen molar-refractivity contribution in [2.24, 2.45) is 0 Å². The van der Waals surface area contributed by atoms with Crippen LogP contribution in [0.15, 0.2) is 52.3 Å². The zero-order valence-corrected chi connectivity index (χ0v) is 9.61. The molecule has 2 aromatic rings. The van der Waals surface area contributed by atoms with E-state index in [1.165, 1.54) is 26.5 Å². The second kappa shape index (κ2) is 3.58. The molecular weight excluding hydrogens is 224 g/mol. The molecule has 0 radical (unpaired) electrons. The maximum absolute atomic E-state index is 5.76. The number of fused-ring (bicyclic) bond motifs is 1. The van der Waals surface area contributed by atoms with Crippen LogP contribution in [0.25, 0.3) is 11.1 Å². The minimum atomic E-state index is 0.585. The normalized spacial score (nSPS) is 12.3. The van der Waals surface area contributed by atoms with Crippen LogP contribution in [0, 0.1) is 0 Å². The lowest BCUT2D eigenvalue weighted by molar-refractivity contribution is 1.35. The van der Waals surface area contributed by atoms with Gasteiger partial charge in [0.15, 0.2) is 0 Å². The zero-order chi connectivity index (χ0) is 10.3. The molecule has 15 heavy (non-hydrogen) atoms. The summed E-state index contributed by atoms with van der Waals surface area (Å²) in [6, 6.07) is 14.9. The summed E-state index contributed by atoms with van der Waals surface area (Å²) >= 11 is 7.63. The van der Waals surface area contributed by atoms with Crippen LogP contribution >= 0.6 is 23.4 Å². The van der Waals surface area contributed by atoms with E-state index in [0.717, 1.165) is 0 Å². The molecule has 74 valence electrons. The van der Waals surface area contributed by atoms with Crippen LogP contribution < -0.4 is 0 Å². The van der Waals surface area contributed by atoms with Crippen LogP contribution in [-0.4, -0.2) is 0 Å². The Kier molecular flexibility index (Phi) is 2.23. The summed E-state index contributed by atoms with van der Waals surface area (Å²) in [6.45, 7) is 0. The van der Waals surface area contributed by atoms with Gasteiger partial charge in [-0.3, -0.25) is 0 Å². The van der Waals surface area contributed by atoms with Crippen molar-refractivity contribution in [1.29, 1.82) is 0 Å². The lowest BCUT2D eigenvalue weighted by Crippen LogP contribution is -1.79. The topological polar surface area (TPSA) is 0 Å². The van der Waals surface area contributed by atoms with E-state index in [4.69, 9.17) is 11.6 Å². The summed E-state index contributed by atoms with van der Waals surface area (Å²) in [7, 11) is 0. The highest BCUT2D eigenvalue weighted by Gasteiger charge is 2.22. The van der Waals surface area contributed by atoms with Crippen LogP contribution in [0.5, 0.6) is 0 Å². The van der Waals surface area contributed by atoms with E-state index in [1.54, 1.807) is 0 Å². The van der Waals surface area contributed by atoms with Gasteiger partial charge >= 0.3 is 0 Å². The van der Waals surface area contributed by atoms with Crippen LogP contribution in [0.3, 0.4) is 0 Å². The average molecular weight is 233 g/mol. The second-order valence-corrected chi connectivity index (χ2v) is 4.88. The Labute approximate surface area is 98.3 Å². The lowest BCUT2D eigenvalue weighted by Gasteiger charge is -2.01. The van der Waals surface area contributed by atoms with E-state index in [0.29, 0.717) is 5.88 Å². The summed E-state index contributed by atoms with van der Waals surface area (Å²) in [5.41, 5.74) is 3.80. The Morgan fingerprint density at radius 1 is 1.00 bits per heavy atom. The first-order chi connectivity index (χ1) is 7.38. The van der Waals surface area contributed by atoms with Gasteiger partial charge in [0.1, 0.15) is 0 Å². The largest absolute Gasteiger partial charge is 0.122 e. The van der Waals surface area contributed by atoms with Crippen molar-refractivity contribution in [1.82, 2.24) is 0 Å². The van der Waals surface area contributed by atoms with E-state index in [-0.39, 0.29) is 0 Å². The van der Waals surface area contributed by atoms with Crippen molar-refractivity contribution in [3.63, 3.8) is 0 Å². The predicted molar refractivity (Wildman–Crippen MR) is 65.6 cm³/mol. The standard InChI is InChI=1S/C13H9ClS/c14-8-9-4-6-10(7-5-9)11-2-1-3-12-13(11)15-12/h1-7H,8H2. The number of rotatable bonds is 2. The van der Waals surface area contributed by atoms with Gasteiger partial charge in [0.25, 0.3) is 0 Å². The molecule has 0 saturated carbocycles. The molecule has 0 unspecified atom stereocenters. The molecule has 0 amide bonds. The Morgan fingerprint density at radius 2 is 1.80 bits per heavy atom. The molecule has 0 N–H and O–H groups in total. The lowest BCUT2D eigenvalue weighted by atomic mass is 10.0. The van der Waals surface area contributed by atoms with Gasteiger partial charge in [-0.25, -0.2) is 0 Å². The van der Waals surface area contributed by atoms with Gasteiger partial charge < -0.3 is 0 Å². The molecule has 1 heterocycles. The molecule has 0 fully saturated rings. The van der Waals surface area contributed by atoms with Gasteiger partial charge in [0.05, 0.1) is 0 Å². The van der Waals surface area contributed by atoms with Gasteiger partial charge in [-0.2, -0.15) is 0 Å². The molecule has 0 aromatic heterocycles. The third-order valence-electron chi connectivity index (χ3n) is 2.57. The Bertz CT molecular complexity index is 502. The summed E-state index contributed by atoms with van der Waals surface area (Å²) in [5.74, 6) is 0.585. The third-order valence-corrected chi connectivity index (χ3v) is 3.88. The smallest absolute Gasteiger partial charge is 0.0474 e. The van der Waals surface area contributed by atoms with Gasteiger partial charge in [0, 0.05) is 15.7 Å². The van der Waals surface area contributed by atoms with Gasteiger partial charge in [-0.1, -0.05) is 48.2 Å². The first-order valence-corrected chi connectivity index (χ1v) is 6.20. The van der Waals surface area contributed by atoms with Crippen molar-refractivity contribution in [2.75, 3.05) is 0 Å². The fourth-order valence-electron chi connectivity index (χ4n) is 1.69. The molecule has 2 aromatic carbocycles. The third kappa shape index (κ3) is 1.66. The van der Waals surface area contributed by atoms with Gasteiger partial charge in [-0.15, -0.1) is 11.6 Å². The van der Waals surface area contributed by atoms with Crippen LogP contribution in [-0.2, 0) is 5.88 Å². The monoisotopic (exact) mass is 232 g/mol. The van der Waals surface area contributed by atoms with Crippen molar-refractivity contribution in [2.45, 2.75) is 15.7 Å². The number of halogens is 1. The number of hydrogen-bond donors (Lipinski definition) is 0. The number of alkyl halides is 1. The molecule has 0 nitrogen and oxygen atoms in total. The maximum Gasteiger partial charge on any atom is 0.0474 e. The highest BCUT2D eigenvalue weighted by Crippen LogP contribution is 2.53. The summed E-state index contributed by atoms with van der Waals surface area (Å²) < 4.78 is 0. The van der Waals surface area contributed by atoms with E-state index in [1.807, 2.05) is 11.8 Å². The Balaban J connectivity index is 2.04. The van der Waals surface area contributed by atoms with Crippen molar-refractivity contribution >= 4 is 23.4 Å². The molecule has 0 saturated heterocycles. The number of hydrogen-bond acceptors (Lipinski definition) is 1. The SMILES string of the molecule is ClCc1ccc(-c2cccc3c2S3)cc1. The summed E-state index contributed by atoms with van der Waals surface area (Å²) in [5, 5.41) is 0. The molecule has 0 spiro atoms. The fourth-order valence-corrected chi connectivity index (χ4v) is 2.66. The zero-order valence-electron chi connectivity index (χ0n) is 8.03. The quantitative estimate of drug-likeness (QED) is 0.461. The fraction of sp³-hybridized carbons (Fsp3) is 0.0769. The van der Waals surface area contributed by atoms with E-state index in [9.17, 15) is 0 Å². The minimum absolute atomic E-state index is 0.585. The molecular formula is C13H9ClS. The van der Waals surface area contributed by atoms with Crippen LogP contribution in [0.4, 0.5) is 0 Å². The molecule has 0 bridgehead atoms. The molecule has 1 aliphatic rings. The first-order valence-electron chi connectivity index (χ1n) is 4.84. The Hall–Kier alpha value is -0.920. The molecule has 1 aliphatic heterocycles. The highest BCUT2D eigenvalue weighted by atomic mass is 35.5. The van der Waals surface area contributed by atoms with Crippen LogP contribution in [0.1, 0.15) is 5.56 Å². The summed E-state index contributed by atoms with van der Waals surface area (Å²) in [4.78, 5) is 2.84. The molecule has 0 aliphatic carbocycles. The highest BCUT2D eigenvalue weighted by molar-refractivity contribution is 8.05. The first kappa shape index (κ1) is 9.32. The van der Waals surface area contributed by atoms with E-state index in [2.05, 4.69) is 42.5 Å². The number of benzene rings is 2. The van der Waals surface area contributed by atoms with E-state index >= 15 is 0 Å². The molecule has 0 atom stereocenters. The van der Waals surface area contributed by atoms with E-state index < -0.39 is 0 Å². The Morgan fingerprint density at radius 3 is 2.53 bits per heavy atom. The maximum atomic E-state index is 5.76. The average Bonchev–Trinajstić information content (AvgIpc) is 3.08. The van der Waals surface area contributed by atoms with Crippen molar-refractivity contribution < 1.29 is 0 Å².